The van der Waals surface area contributed by atoms with Gasteiger partial charge in [-0.2, -0.15) is 0 Å². The van der Waals surface area contributed by atoms with Crippen LogP contribution < -0.4 is 0 Å². The predicted molar refractivity (Wildman–Crippen MR) is 96.3 cm³/mol. The molecule has 1 aromatic heterocycles. The number of ether oxygens (including phenoxy) is 3. The van der Waals surface area contributed by atoms with E-state index in [4.69, 9.17) is 18.6 Å². The van der Waals surface area contributed by atoms with Crippen molar-refractivity contribution in [3.8, 4) is 0 Å². The Morgan fingerprint density at radius 2 is 1.74 bits per heavy atom. The molecule has 1 aliphatic heterocycles. The average molecular weight is 370 g/mol. The molecule has 0 radical (unpaired) electrons. The van der Waals surface area contributed by atoms with Crippen LogP contribution in [0.25, 0.3) is 0 Å². The van der Waals surface area contributed by atoms with Crippen molar-refractivity contribution in [2.24, 2.45) is 5.41 Å². The number of hydrogen-bond acceptors (Lipinski definition) is 6. The van der Waals surface area contributed by atoms with Gasteiger partial charge in [-0.3, -0.25) is 9.59 Å². The van der Waals surface area contributed by atoms with Crippen molar-refractivity contribution in [1.82, 2.24) is 0 Å². The third-order valence-electron chi connectivity index (χ3n) is 4.41. The molecule has 1 fully saturated rings. The number of hydrogen-bond donors (Lipinski definition) is 0. The first-order valence-electron chi connectivity index (χ1n) is 8.65. The Hall–Kier alpha value is -2.86. The molecule has 0 amide bonds. The number of esters is 2. The van der Waals surface area contributed by atoms with E-state index in [1.165, 1.54) is 26.2 Å². The quantitative estimate of drug-likeness (QED) is 0.422. The van der Waals surface area contributed by atoms with E-state index in [1.54, 1.807) is 12.1 Å². The second-order valence-corrected chi connectivity index (χ2v) is 6.86. The van der Waals surface area contributed by atoms with Gasteiger partial charge in [-0.1, -0.05) is 36.4 Å². The van der Waals surface area contributed by atoms with Gasteiger partial charge in [0.2, 0.25) is 5.41 Å². The largest absolute Gasteiger partial charge is 0.469 e. The Kier molecular flexibility index (Phi) is 5.19. The number of furan rings is 1. The first-order valence-corrected chi connectivity index (χ1v) is 8.65. The van der Waals surface area contributed by atoms with E-state index < -0.39 is 29.2 Å². The second-order valence-electron chi connectivity index (χ2n) is 6.86. The zero-order chi connectivity index (χ0) is 19.5. The van der Waals surface area contributed by atoms with Crippen LogP contribution in [0.4, 0.5) is 0 Å². The summed E-state index contributed by atoms with van der Waals surface area (Å²) in [6.45, 7) is 6.97. The number of carbonyl (C=O) groups is 2. The highest BCUT2D eigenvalue weighted by atomic mass is 16.7. The zero-order valence-corrected chi connectivity index (χ0v) is 15.3. The van der Waals surface area contributed by atoms with Crippen LogP contribution in [0.1, 0.15) is 25.2 Å². The lowest BCUT2D eigenvalue weighted by Crippen LogP contribution is -2.60. The molecule has 142 valence electrons. The molecule has 1 atom stereocenters. The van der Waals surface area contributed by atoms with Crippen LogP contribution >= 0.6 is 0 Å². The third-order valence-corrected chi connectivity index (χ3v) is 4.41. The maximum Gasteiger partial charge on any atom is 0.330 e. The fourth-order valence-electron chi connectivity index (χ4n) is 3.07. The Morgan fingerprint density at radius 3 is 2.30 bits per heavy atom. The van der Waals surface area contributed by atoms with Crippen molar-refractivity contribution in [2.75, 3.05) is 0 Å². The van der Waals surface area contributed by atoms with Crippen molar-refractivity contribution in [3.63, 3.8) is 0 Å². The molecule has 3 rings (SSSR count). The van der Waals surface area contributed by atoms with Crippen molar-refractivity contribution in [3.05, 3.63) is 72.7 Å². The number of carbonyl (C=O) groups excluding carboxylic acids is 2. The second kappa shape index (κ2) is 7.40. The van der Waals surface area contributed by atoms with Gasteiger partial charge in [-0.05, 0) is 17.7 Å². The summed E-state index contributed by atoms with van der Waals surface area (Å²) in [5.41, 5.74) is -0.834. The van der Waals surface area contributed by atoms with Gasteiger partial charge in [-0.15, -0.1) is 6.58 Å². The van der Waals surface area contributed by atoms with E-state index in [1.807, 2.05) is 30.3 Å². The lowest BCUT2D eigenvalue weighted by atomic mass is 9.76. The summed E-state index contributed by atoms with van der Waals surface area (Å²) in [5, 5.41) is 0. The van der Waals surface area contributed by atoms with Gasteiger partial charge in [0.15, 0.2) is 0 Å². The summed E-state index contributed by atoms with van der Waals surface area (Å²) in [7, 11) is 0. The van der Waals surface area contributed by atoms with E-state index >= 15 is 0 Å². The Labute approximate surface area is 157 Å². The van der Waals surface area contributed by atoms with Crippen molar-refractivity contribution in [1.29, 1.82) is 0 Å². The fourth-order valence-corrected chi connectivity index (χ4v) is 3.07. The van der Waals surface area contributed by atoms with Gasteiger partial charge < -0.3 is 18.6 Å². The van der Waals surface area contributed by atoms with Gasteiger partial charge in [0, 0.05) is 20.3 Å². The molecule has 1 aromatic carbocycles. The lowest BCUT2D eigenvalue weighted by Gasteiger charge is -2.42. The van der Waals surface area contributed by atoms with Crippen LogP contribution in [0.3, 0.4) is 0 Å². The SMILES string of the molecule is C=CC(OCc1ccccc1)C1(Cc2ccco2)C(=O)OC(C)(C)OC1=O. The monoisotopic (exact) mass is 370 g/mol. The molecule has 2 aromatic rings. The molecule has 0 N–H and O–H groups in total. The molecular formula is C21H22O6. The van der Waals surface area contributed by atoms with Gasteiger partial charge in [0.05, 0.1) is 12.9 Å². The molecule has 1 unspecified atom stereocenters. The highest BCUT2D eigenvalue weighted by molar-refractivity contribution is 6.03. The van der Waals surface area contributed by atoms with Crippen molar-refractivity contribution < 1.29 is 28.2 Å². The smallest absolute Gasteiger partial charge is 0.330 e. The summed E-state index contributed by atoms with van der Waals surface area (Å²) >= 11 is 0. The molecule has 0 spiro atoms. The fraction of sp³-hybridized carbons (Fsp3) is 0.333. The molecule has 27 heavy (non-hydrogen) atoms. The topological polar surface area (TPSA) is 75.0 Å². The van der Waals surface area contributed by atoms with Crippen LogP contribution in [0.15, 0.2) is 65.8 Å². The zero-order valence-electron chi connectivity index (χ0n) is 15.3. The normalized spacial score (nSPS) is 19.0. The first-order chi connectivity index (χ1) is 12.9. The van der Waals surface area contributed by atoms with E-state index in [2.05, 4.69) is 6.58 Å². The van der Waals surface area contributed by atoms with Crippen LogP contribution in [-0.2, 0) is 36.8 Å². The summed E-state index contributed by atoms with van der Waals surface area (Å²) in [6, 6.07) is 12.8. The van der Waals surface area contributed by atoms with E-state index in [9.17, 15) is 9.59 Å². The lowest BCUT2D eigenvalue weighted by molar-refractivity contribution is -0.258. The van der Waals surface area contributed by atoms with Gasteiger partial charge in [-0.25, -0.2) is 0 Å². The summed E-state index contributed by atoms with van der Waals surface area (Å²) in [5.74, 6) is -2.35. The minimum Gasteiger partial charge on any atom is -0.469 e. The number of benzene rings is 1. The summed E-state index contributed by atoms with van der Waals surface area (Å²) < 4.78 is 22.1. The summed E-state index contributed by atoms with van der Waals surface area (Å²) in [6.07, 6.45) is 1.88. The summed E-state index contributed by atoms with van der Waals surface area (Å²) in [4.78, 5) is 26.0. The van der Waals surface area contributed by atoms with Gasteiger partial charge in [0.25, 0.3) is 5.79 Å². The molecular weight excluding hydrogens is 348 g/mol. The highest BCUT2D eigenvalue weighted by Gasteiger charge is 2.61. The Morgan fingerprint density at radius 1 is 1.07 bits per heavy atom. The first kappa shape index (κ1) is 18.9. The van der Waals surface area contributed by atoms with E-state index in [-0.39, 0.29) is 13.0 Å². The maximum atomic E-state index is 13.0. The average Bonchev–Trinajstić information content (AvgIpc) is 3.12. The Bertz CT molecular complexity index is 786. The number of cyclic esters (lactones) is 2. The number of rotatable bonds is 7. The van der Waals surface area contributed by atoms with Crippen LogP contribution in [0, 0.1) is 5.41 Å². The molecule has 6 nitrogen and oxygen atoms in total. The molecule has 0 aliphatic carbocycles. The van der Waals surface area contributed by atoms with E-state index in [0.717, 1.165) is 5.56 Å². The van der Waals surface area contributed by atoms with Crippen molar-refractivity contribution in [2.45, 2.75) is 38.8 Å². The molecule has 1 aliphatic rings. The molecule has 0 bridgehead atoms. The van der Waals surface area contributed by atoms with Gasteiger partial charge in [0.1, 0.15) is 11.9 Å². The highest BCUT2D eigenvalue weighted by Crippen LogP contribution is 2.40. The van der Waals surface area contributed by atoms with Crippen LogP contribution in [0.5, 0.6) is 0 Å². The van der Waals surface area contributed by atoms with Crippen LogP contribution in [-0.4, -0.2) is 23.8 Å². The van der Waals surface area contributed by atoms with E-state index in [0.29, 0.717) is 5.76 Å². The minimum atomic E-state index is -1.73. The molecule has 0 saturated carbocycles. The van der Waals surface area contributed by atoms with Crippen molar-refractivity contribution >= 4 is 11.9 Å². The third kappa shape index (κ3) is 3.80. The standard InChI is InChI=1S/C21H22O6/c1-4-17(25-14-15-9-6-5-7-10-15)21(13-16-11-8-12-24-16)18(22)26-20(2,3)27-19(21)23/h4-12,17H,1,13-14H2,2-3H3. The Balaban J connectivity index is 1.93. The minimum absolute atomic E-state index is 0.0563. The van der Waals surface area contributed by atoms with Crippen LogP contribution in [0.2, 0.25) is 0 Å². The molecule has 2 heterocycles. The predicted octanol–water partition coefficient (Wildman–Crippen LogP) is 3.42. The van der Waals surface area contributed by atoms with Gasteiger partial charge >= 0.3 is 11.9 Å². The molecule has 6 heteroatoms. The molecule has 1 saturated heterocycles. The maximum absolute atomic E-state index is 13.0.